The maximum Gasteiger partial charge on any atom is 0.228 e. The van der Waals surface area contributed by atoms with Crippen molar-refractivity contribution in [1.82, 2.24) is 15.0 Å². The quantitative estimate of drug-likeness (QED) is 0.413. The maximum absolute atomic E-state index is 13.6. The highest BCUT2D eigenvalue weighted by molar-refractivity contribution is 9.10. The monoisotopic (exact) mass is 544 g/mol. The summed E-state index contributed by atoms with van der Waals surface area (Å²) in [5, 5.41) is 0.640. The van der Waals surface area contributed by atoms with Crippen LogP contribution in [0.5, 0.6) is 0 Å². The molecule has 4 heterocycles. The molecule has 0 saturated carbocycles. The van der Waals surface area contributed by atoms with Crippen LogP contribution in [0.15, 0.2) is 47.1 Å². The summed E-state index contributed by atoms with van der Waals surface area (Å²) < 4.78 is 14.4. The van der Waals surface area contributed by atoms with E-state index in [0.29, 0.717) is 11.1 Å². The molecule has 34 heavy (non-hydrogen) atoms. The Morgan fingerprint density at radius 3 is 2.47 bits per heavy atom. The summed E-state index contributed by atoms with van der Waals surface area (Å²) >= 11 is 9.90. The summed E-state index contributed by atoms with van der Waals surface area (Å²) in [5.41, 5.74) is 1.70. The Labute approximate surface area is 212 Å². The van der Waals surface area contributed by atoms with E-state index in [9.17, 15) is 4.39 Å². The maximum atomic E-state index is 13.6. The van der Waals surface area contributed by atoms with E-state index in [2.05, 4.69) is 49.5 Å². The van der Waals surface area contributed by atoms with Crippen molar-refractivity contribution >= 4 is 45.1 Å². The fourth-order valence-corrected chi connectivity index (χ4v) is 5.58. The average molecular weight is 546 g/mol. The summed E-state index contributed by atoms with van der Waals surface area (Å²) in [7, 11) is 0. The number of piperazine rings is 1. The molecule has 6 nitrogen and oxygen atoms in total. The Hall–Kier alpha value is -2.45. The molecule has 2 atom stereocenters. The Balaban J connectivity index is 1.46. The lowest BCUT2D eigenvalue weighted by molar-refractivity contribution is 0.542. The van der Waals surface area contributed by atoms with Gasteiger partial charge in [0.05, 0.1) is 10.7 Å². The number of rotatable bonds is 4. The minimum atomic E-state index is -0.253. The predicted molar refractivity (Wildman–Crippen MR) is 139 cm³/mol. The standard InChI is InChI=1S/C25H27BrClFN6/c1-16-4-3-9-34(16)25-30-22(18-5-7-20(28)8-6-18)13-23(31-25)33-11-10-32(15-17(33)2)24-21(27)12-19(26)14-29-24/h5-8,12-14,16-17H,3-4,9-11,15H2,1-2H3/t16-,17+/m0/s1. The number of pyridine rings is 1. The number of benzene rings is 1. The number of hydrogen-bond acceptors (Lipinski definition) is 6. The Morgan fingerprint density at radius 1 is 1.00 bits per heavy atom. The van der Waals surface area contributed by atoms with Gasteiger partial charge in [-0.25, -0.2) is 14.4 Å². The lowest BCUT2D eigenvalue weighted by atomic mass is 10.1. The van der Waals surface area contributed by atoms with Crippen LogP contribution in [0, 0.1) is 5.82 Å². The smallest absolute Gasteiger partial charge is 0.228 e. The van der Waals surface area contributed by atoms with Crippen molar-refractivity contribution in [2.24, 2.45) is 0 Å². The fraction of sp³-hybridized carbons (Fsp3) is 0.400. The highest BCUT2D eigenvalue weighted by atomic mass is 79.9. The van der Waals surface area contributed by atoms with E-state index in [1.165, 1.54) is 12.1 Å². The molecule has 5 rings (SSSR count). The average Bonchev–Trinajstić information content (AvgIpc) is 3.25. The van der Waals surface area contributed by atoms with Crippen LogP contribution in [-0.4, -0.2) is 53.2 Å². The lowest BCUT2D eigenvalue weighted by Gasteiger charge is -2.41. The van der Waals surface area contributed by atoms with Gasteiger partial charge in [-0.05, 0) is 73.0 Å². The highest BCUT2D eigenvalue weighted by Crippen LogP contribution is 2.32. The van der Waals surface area contributed by atoms with Gasteiger partial charge in [-0.15, -0.1) is 0 Å². The van der Waals surface area contributed by atoms with E-state index >= 15 is 0 Å². The predicted octanol–water partition coefficient (Wildman–Crippen LogP) is 5.80. The van der Waals surface area contributed by atoms with Crippen LogP contribution in [0.3, 0.4) is 0 Å². The first-order valence-corrected chi connectivity index (χ1v) is 12.8. The number of aromatic nitrogens is 3. The molecular weight excluding hydrogens is 519 g/mol. The molecule has 2 aliphatic heterocycles. The number of anilines is 3. The zero-order chi connectivity index (χ0) is 23.8. The second kappa shape index (κ2) is 9.66. The van der Waals surface area contributed by atoms with Crippen LogP contribution in [0.2, 0.25) is 5.02 Å². The molecule has 2 aliphatic rings. The van der Waals surface area contributed by atoms with E-state index in [1.54, 1.807) is 18.3 Å². The topological polar surface area (TPSA) is 48.4 Å². The molecule has 2 aromatic heterocycles. The lowest BCUT2D eigenvalue weighted by Crippen LogP contribution is -2.52. The van der Waals surface area contributed by atoms with Gasteiger partial charge in [-0.2, -0.15) is 4.98 Å². The first-order valence-electron chi connectivity index (χ1n) is 11.6. The van der Waals surface area contributed by atoms with Crippen LogP contribution < -0.4 is 14.7 Å². The van der Waals surface area contributed by atoms with E-state index < -0.39 is 0 Å². The summed E-state index contributed by atoms with van der Waals surface area (Å²) in [6.07, 6.45) is 4.05. The van der Waals surface area contributed by atoms with Crippen molar-refractivity contribution in [3.05, 3.63) is 57.9 Å². The molecule has 1 aromatic carbocycles. The van der Waals surface area contributed by atoms with Crippen molar-refractivity contribution < 1.29 is 4.39 Å². The molecule has 3 aromatic rings. The minimum Gasteiger partial charge on any atom is -0.352 e. The molecular formula is C25H27BrClFN6. The molecule has 178 valence electrons. The minimum absolute atomic E-state index is 0.190. The van der Waals surface area contributed by atoms with Gasteiger partial charge in [0.25, 0.3) is 0 Å². The third kappa shape index (κ3) is 4.70. The number of halogens is 3. The second-order valence-electron chi connectivity index (χ2n) is 9.05. The first-order chi connectivity index (χ1) is 16.4. The molecule has 0 aliphatic carbocycles. The summed E-state index contributed by atoms with van der Waals surface area (Å²) in [6, 6.07) is 11.0. The van der Waals surface area contributed by atoms with Crippen LogP contribution >= 0.6 is 27.5 Å². The molecule has 2 fully saturated rings. The summed E-state index contributed by atoms with van der Waals surface area (Å²) in [4.78, 5) is 21.3. The molecule has 0 amide bonds. The van der Waals surface area contributed by atoms with Crippen molar-refractivity contribution in [3.8, 4) is 11.3 Å². The third-order valence-corrected chi connectivity index (χ3v) is 7.37. The Bertz CT molecular complexity index is 1180. The molecule has 0 N–H and O–H groups in total. The van der Waals surface area contributed by atoms with Gasteiger partial charge in [-0.3, -0.25) is 0 Å². The van der Waals surface area contributed by atoms with Gasteiger partial charge in [0.1, 0.15) is 17.5 Å². The molecule has 0 unspecified atom stereocenters. The molecule has 0 bridgehead atoms. The highest BCUT2D eigenvalue weighted by Gasteiger charge is 2.29. The van der Waals surface area contributed by atoms with Crippen molar-refractivity contribution in [2.45, 2.75) is 38.8 Å². The molecule has 0 spiro atoms. The van der Waals surface area contributed by atoms with E-state index in [1.807, 2.05) is 12.1 Å². The van der Waals surface area contributed by atoms with Crippen LogP contribution in [0.4, 0.5) is 22.0 Å². The fourth-order valence-electron chi connectivity index (χ4n) is 4.83. The first kappa shape index (κ1) is 23.3. The molecule has 0 radical (unpaired) electrons. The van der Waals surface area contributed by atoms with E-state index in [0.717, 1.165) is 72.3 Å². The normalized spacial score (nSPS) is 20.8. The van der Waals surface area contributed by atoms with Crippen LogP contribution in [0.1, 0.15) is 26.7 Å². The van der Waals surface area contributed by atoms with Gasteiger partial charge >= 0.3 is 0 Å². The SMILES string of the molecule is C[C@@H]1CN(c2ncc(Br)cc2Cl)CCN1c1cc(-c2ccc(F)cc2)nc(N2CCC[C@@H]2C)n1. The van der Waals surface area contributed by atoms with Gasteiger partial charge < -0.3 is 14.7 Å². The van der Waals surface area contributed by atoms with Crippen LogP contribution in [-0.2, 0) is 0 Å². The van der Waals surface area contributed by atoms with Gasteiger partial charge in [-0.1, -0.05) is 11.6 Å². The zero-order valence-electron chi connectivity index (χ0n) is 19.3. The number of hydrogen-bond donors (Lipinski definition) is 0. The van der Waals surface area contributed by atoms with Crippen LogP contribution in [0.25, 0.3) is 11.3 Å². The number of nitrogens with zero attached hydrogens (tertiary/aromatic N) is 6. The summed E-state index contributed by atoms with van der Waals surface area (Å²) in [6.45, 7) is 7.70. The van der Waals surface area contributed by atoms with Crippen molar-refractivity contribution in [2.75, 3.05) is 40.9 Å². The van der Waals surface area contributed by atoms with Crippen molar-refractivity contribution in [3.63, 3.8) is 0 Å². The van der Waals surface area contributed by atoms with E-state index in [4.69, 9.17) is 21.6 Å². The van der Waals surface area contributed by atoms with Crippen molar-refractivity contribution in [1.29, 1.82) is 0 Å². The third-order valence-electron chi connectivity index (χ3n) is 6.66. The van der Waals surface area contributed by atoms with Gasteiger partial charge in [0.2, 0.25) is 5.95 Å². The summed E-state index contributed by atoms with van der Waals surface area (Å²) in [5.74, 6) is 2.19. The van der Waals surface area contributed by atoms with Gasteiger partial charge in [0, 0.05) is 60.6 Å². The largest absolute Gasteiger partial charge is 0.352 e. The van der Waals surface area contributed by atoms with Gasteiger partial charge in [0.15, 0.2) is 0 Å². The zero-order valence-corrected chi connectivity index (χ0v) is 21.6. The Morgan fingerprint density at radius 2 is 1.79 bits per heavy atom. The second-order valence-corrected chi connectivity index (χ2v) is 10.4. The van der Waals surface area contributed by atoms with E-state index in [-0.39, 0.29) is 11.9 Å². The Kier molecular flexibility index (Phi) is 6.62. The molecule has 2 saturated heterocycles. The molecule has 9 heteroatoms.